The summed E-state index contributed by atoms with van der Waals surface area (Å²) in [6, 6.07) is 12.7. The molecule has 2 nitrogen and oxygen atoms in total. The Bertz CT molecular complexity index is 638. The van der Waals surface area contributed by atoms with Gasteiger partial charge in [0.15, 0.2) is 5.78 Å². The number of hydrogen-bond acceptors (Lipinski definition) is 2. The summed E-state index contributed by atoms with van der Waals surface area (Å²) in [6.07, 6.45) is 0.271. The lowest BCUT2D eigenvalue weighted by atomic mass is 10.0. The Morgan fingerprint density at radius 3 is 2.50 bits per heavy atom. The zero-order valence-corrected chi connectivity index (χ0v) is 12.9. The van der Waals surface area contributed by atoms with Crippen LogP contribution in [0, 0.1) is 0 Å². The van der Waals surface area contributed by atoms with E-state index >= 15 is 0 Å². The molecule has 0 aliphatic rings. The topological polar surface area (TPSA) is 20.3 Å². The molecule has 0 atom stereocenters. The summed E-state index contributed by atoms with van der Waals surface area (Å²) in [5.41, 5.74) is 2.47. The van der Waals surface area contributed by atoms with Gasteiger partial charge in [-0.25, -0.2) is 0 Å². The van der Waals surface area contributed by atoms with Crippen molar-refractivity contribution in [1.29, 1.82) is 0 Å². The molecule has 0 aliphatic carbocycles. The highest BCUT2D eigenvalue weighted by atomic mass is 35.5. The minimum Gasteiger partial charge on any atom is -0.378 e. The van der Waals surface area contributed by atoms with Crippen molar-refractivity contribution in [2.45, 2.75) is 6.42 Å². The van der Waals surface area contributed by atoms with Gasteiger partial charge in [0, 0.05) is 41.8 Å². The molecule has 0 saturated heterocycles. The largest absolute Gasteiger partial charge is 0.378 e. The zero-order valence-electron chi connectivity index (χ0n) is 11.4. The molecule has 2 aromatic carbocycles. The van der Waals surface area contributed by atoms with Crippen molar-refractivity contribution >= 4 is 34.7 Å². The summed E-state index contributed by atoms with van der Waals surface area (Å²) in [4.78, 5) is 14.3. The molecule has 4 heteroatoms. The van der Waals surface area contributed by atoms with Crippen LogP contribution in [0.4, 0.5) is 5.69 Å². The normalized spacial score (nSPS) is 10.4. The van der Waals surface area contributed by atoms with E-state index < -0.39 is 0 Å². The molecule has 0 aromatic heterocycles. The Morgan fingerprint density at radius 2 is 1.85 bits per heavy atom. The van der Waals surface area contributed by atoms with Crippen LogP contribution in [0.2, 0.25) is 10.0 Å². The van der Waals surface area contributed by atoms with E-state index in [1.54, 1.807) is 18.2 Å². The van der Waals surface area contributed by atoms with Crippen molar-refractivity contribution in [2.75, 3.05) is 19.0 Å². The number of rotatable bonds is 4. The molecule has 20 heavy (non-hydrogen) atoms. The van der Waals surface area contributed by atoms with Gasteiger partial charge >= 0.3 is 0 Å². The highest BCUT2D eigenvalue weighted by Gasteiger charge is 2.11. The maximum atomic E-state index is 12.3. The summed E-state index contributed by atoms with van der Waals surface area (Å²) in [5, 5.41) is 1.09. The van der Waals surface area contributed by atoms with E-state index in [1.165, 1.54) is 0 Å². The summed E-state index contributed by atoms with van der Waals surface area (Å²) >= 11 is 11.9. The third-order valence-electron chi connectivity index (χ3n) is 3.05. The number of benzene rings is 2. The fourth-order valence-corrected chi connectivity index (χ4v) is 2.37. The van der Waals surface area contributed by atoms with E-state index in [2.05, 4.69) is 0 Å². The van der Waals surface area contributed by atoms with Crippen LogP contribution < -0.4 is 4.90 Å². The fourth-order valence-electron chi connectivity index (χ4n) is 1.90. The van der Waals surface area contributed by atoms with Crippen LogP contribution in [-0.4, -0.2) is 19.9 Å². The van der Waals surface area contributed by atoms with Gasteiger partial charge in [0.05, 0.1) is 0 Å². The Kier molecular flexibility index (Phi) is 4.69. The SMILES string of the molecule is CN(C)c1cccc(C(=O)Cc2ccc(Cl)cc2Cl)c1. The number of halogens is 2. The Morgan fingerprint density at radius 1 is 1.10 bits per heavy atom. The van der Waals surface area contributed by atoms with Crippen LogP contribution in [0.15, 0.2) is 42.5 Å². The molecule has 0 saturated carbocycles. The molecule has 104 valence electrons. The molecule has 0 fully saturated rings. The van der Waals surface area contributed by atoms with Gasteiger partial charge < -0.3 is 4.90 Å². The number of hydrogen-bond donors (Lipinski definition) is 0. The van der Waals surface area contributed by atoms with Crippen molar-refractivity contribution in [3.8, 4) is 0 Å². The number of ketones is 1. The first-order valence-corrected chi connectivity index (χ1v) is 6.97. The smallest absolute Gasteiger partial charge is 0.167 e. The van der Waals surface area contributed by atoms with E-state index in [1.807, 2.05) is 43.3 Å². The van der Waals surface area contributed by atoms with Crippen LogP contribution >= 0.6 is 23.2 Å². The van der Waals surface area contributed by atoms with Crippen molar-refractivity contribution in [3.05, 3.63) is 63.6 Å². The minimum atomic E-state index is 0.0397. The van der Waals surface area contributed by atoms with E-state index in [-0.39, 0.29) is 12.2 Å². The molecule has 0 heterocycles. The van der Waals surface area contributed by atoms with Gasteiger partial charge in [-0.1, -0.05) is 41.4 Å². The first-order valence-electron chi connectivity index (χ1n) is 6.22. The van der Waals surface area contributed by atoms with Gasteiger partial charge in [0.2, 0.25) is 0 Å². The lowest BCUT2D eigenvalue weighted by Crippen LogP contribution is -2.10. The maximum Gasteiger partial charge on any atom is 0.167 e. The molecule has 0 spiro atoms. The first kappa shape index (κ1) is 14.9. The Hall–Kier alpha value is -1.51. The maximum absolute atomic E-state index is 12.3. The van der Waals surface area contributed by atoms with Gasteiger partial charge in [-0.2, -0.15) is 0 Å². The van der Waals surface area contributed by atoms with Crippen molar-refractivity contribution < 1.29 is 4.79 Å². The Labute approximate surface area is 128 Å². The summed E-state index contributed by atoms with van der Waals surface area (Å²) in [7, 11) is 3.89. The third kappa shape index (κ3) is 3.53. The first-order chi connectivity index (χ1) is 9.47. The monoisotopic (exact) mass is 307 g/mol. The summed E-state index contributed by atoms with van der Waals surface area (Å²) in [6.45, 7) is 0. The van der Waals surface area contributed by atoms with Crippen molar-refractivity contribution in [1.82, 2.24) is 0 Å². The van der Waals surface area contributed by atoms with Gasteiger partial charge in [-0.05, 0) is 29.8 Å². The number of carbonyl (C=O) groups is 1. The molecule has 0 amide bonds. The molecule has 0 bridgehead atoms. The molecule has 2 aromatic rings. The van der Waals surface area contributed by atoms with E-state index in [4.69, 9.17) is 23.2 Å². The van der Waals surface area contributed by atoms with Crippen LogP contribution in [0.1, 0.15) is 15.9 Å². The predicted molar refractivity (Wildman–Crippen MR) is 85.3 cm³/mol. The lowest BCUT2D eigenvalue weighted by molar-refractivity contribution is 0.0993. The molecule has 0 radical (unpaired) electrons. The highest BCUT2D eigenvalue weighted by molar-refractivity contribution is 6.35. The third-order valence-corrected chi connectivity index (χ3v) is 3.64. The molecule has 0 unspecified atom stereocenters. The average molecular weight is 308 g/mol. The van der Waals surface area contributed by atoms with Gasteiger partial charge in [-0.3, -0.25) is 4.79 Å². The van der Waals surface area contributed by atoms with Crippen LogP contribution in [0.5, 0.6) is 0 Å². The zero-order chi connectivity index (χ0) is 14.7. The minimum absolute atomic E-state index is 0.0397. The Balaban J connectivity index is 2.21. The highest BCUT2D eigenvalue weighted by Crippen LogP contribution is 2.23. The number of anilines is 1. The quantitative estimate of drug-likeness (QED) is 0.776. The van der Waals surface area contributed by atoms with Crippen molar-refractivity contribution in [2.24, 2.45) is 0 Å². The van der Waals surface area contributed by atoms with Gasteiger partial charge in [0.1, 0.15) is 0 Å². The van der Waals surface area contributed by atoms with E-state index in [0.29, 0.717) is 15.6 Å². The van der Waals surface area contributed by atoms with Crippen LogP contribution in [0.3, 0.4) is 0 Å². The summed E-state index contributed by atoms with van der Waals surface area (Å²) in [5.74, 6) is 0.0397. The van der Waals surface area contributed by atoms with Gasteiger partial charge in [-0.15, -0.1) is 0 Å². The van der Waals surface area contributed by atoms with Crippen LogP contribution in [0.25, 0.3) is 0 Å². The summed E-state index contributed by atoms with van der Waals surface area (Å²) < 4.78 is 0. The van der Waals surface area contributed by atoms with Gasteiger partial charge in [0.25, 0.3) is 0 Å². The molecule has 0 N–H and O–H groups in total. The average Bonchev–Trinajstić information content (AvgIpc) is 2.42. The predicted octanol–water partition coefficient (Wildman–Crippen LogP) is 4.48. The lowest BCUT2D eigenvalue weighted by Gasteiger charge is -2.13. The second kappa shape index (κ2) is 6.29. The van der Waals surface area contributed by atoms with Crippen LogP contribution in [-0.2, 0) is 6.42 Å². The number of carbonyl (C=O) groups excluding carboxylic acids is 1. The molecule has 2 rings (SSSR count). The number of Topliss-reactive ketones (excluding diaryl/α,β-unsaturated/α-hetero) is 1. The second-order valence-electron chi connectivity index (χ2n) is 4.78. The van der Waals surface area contributed by atoms with Crippen molar-refractivity contribution in [3.63, 3.8) is 0 Å². The number of nitrogens with zero attached hydrogens (tertiary/aromatic N) is 1. The molecule has 0 aliphatic heterocycles. The molecular formula is C16H15Cl2NO. The van der Waals surface area contributed by atoms with E-state index in [9.17, 15) is 4.79 Å². The fraction of sp³-hybridized carbons (Fsp3) is 0.188. The second-order valence-corrected chi connectivity index (χ2v) is 5.62. The van der Waals surface area contributed by atoms with E-state index in [0.717, 1.165) is 11.3 Å². The molecular weight excluding hydrogens is 293 g/mol. The standard InChI is InChI=1S/C16H15Cl2NO/c1-19(2)14-5-3-4-12(8-14)16(20)9-11-6-7-13(17)10-15(11)18/h3-8,10H,9H2,1-2H3.